The smallest absolute Gasteiger partial charge is 0.162 e. The van der Waals surface area contributed by atoms with Gasteiger partial charge in [-0.1, -0.05) is 6.07 Å². The molecule has 0 spiro atoms. The van der Waals surface area contributed by atoms with Crippen LogP contribution in [0.1, 0.15) is 28.5 Å². The Morgan fingerprint density at radius 1 is 1.33 bits per heavy atom. The van der Waals surface area contributed by atoms with Gasteiger partial charge in [0.05, 0.1) is 18.3 Å². The van der Waals surface area contributed by atoms with Gasteiger partial charge < -0.3 is 10.0 Å². The van der Waals surface area contributed by atoms with E-state index in [0.717, 1.165) is 30.2 Å². The Hall–Kier alpha value is -2.21. The lowest BCUT2D eigenvalue weighted by Crippen LogP contribution is -2.25. The van der Waals surface area contributed by atoms with E-state index >= 15 is 0 Å². The maximum absolute atomic E-state index is 11.4. The van der Waals surface area contributed by atoms with Crippen LogP contribution in [0.15, 0.2) is 24.5 Å². The summed E-state index contributed by atoms with van der Waals surface area (Å²) in [6.45, 7) is 6.50. The van der Waals surface area contributed by atoms with Crippen molar-refractivity contribution in [3.05, 3.63) is 41.3 Å². The lowest BCUT2D eigenvalue weighted by Gasteiger charge is -2.21. The van der Waals surface area contributed by atoms with Gasteiger partial charge in [-0.05, 0) is 43.2 Å². The Morgan fingerprint density at radius 3 is 2.67 bits per heavy atom. The molecule has 1 aliphatic heterocycles. The topological polar surface area (TPSA) is 71.2 Å². The number of aryl methyl sites for hydroxylation is 1. The zero-order chi connectivity index (χ0) is 16.8. The summed E-state index contributed by atoms with van der Waals surface area (Å²) < 4.78 is 1.78. The van der Waals surface area contributed by atoms with Gasteiger partial charge in [0.25, 0.3) is 0 Å². The Balaban J connectivity index is 1.45. The summed E-state index contributed by atoms with van der Waals surface area (Å²) in [5.41, 5.74) is 2.73. The normalized spacial score (nSPS) is 25.0. The molecule has 0 amide bonds. The third kappa shape index (κ3) is 2.60. The van der Waals surface area contributed by atoms with E-state index in [4.69, 9.17) is 4.98 Å². The molecule has 6 nitrogen and oxygen atoms in total. The first-order valence-electron chi connectivity index (χ1n) is 8.42. The highest BCUT2D eigenvalue weighted by Gasteiger charge is 2.55. The first kappa shape index (κ1) is 15.3. The van der Waals surface area contributed by atoms with Crippen LogP contribution in [0.5, 0.6) is 0 Å². The number of hydrogen-bond donors (Lipinski definition) is 1. The highest BCUT2D eigenvalue weighted by Crippen LogP contribution is 2.51. The number of Topliss-reactive ketones (excluding diaryl/α,β-unsaturated/α-hetero) is 1. The maximum atomic E-state index is 11.4. The molecule has 4 rings (SSSR count). The van der Waals surface area contributed by atoms with Crippen molar-refractivity contribution in [2.75, 3.05) is 24.6 Å². The predicted molar refractivity (Wildman–Crippen MR) is 90.1 cm³/mol. The molecule has 0 bridgehead atoms. The summed E-state index contributed by atoms with van der Waals surface area (Å²) >= 11 is 0. The van der Waals surface area contributed by atoms with Crippen molar-refractivity contribution >= 4 is 11.6 Å². The number of carbonyl (C=O) groups excluding carboxylic acids is 1. The van der Waals surface area contributed by atoms with E-state index in [-0.39, 0.29) is 5.78 Å². The van der Waals surface area contributed by atoms with Crippen molar-refractivity contribution < 1.29 is 9.90 Å². The van der Waals surface area contributed by atoms with Crippen LogP contribution in [0.4, 0.5) is 5.82 Å². The Labute approximate surface area is 141 Å². The van der Waals surface area contributed by atoms with Crippen molar-refractivity contribution in [3.63, 3.8) is 0 Å². The minimum Gasteiger partial charge on any atom is -0.396 e. The average Bonchev–Trinajstić information content (AvgIpc) is 2.95. The highest BCUT2D eigenvalue weighted by molar-refractivity contribution is 5.93. The molecule has 2 aromatic heterocycles. The molecule has 0 radical (unpaired) electrons. The minimum atomic E-state index is 0.0280. The number of nitrogens with zero attached hydrogens (tertiary/aromatic N) is 4. The van der Waals surface area contributed by atoms with Gasteiger partial charge in [0.2, 0.25) is 0 Å². The van der Waals surface area contributed by atoms with Crippen LogP contribution in [-0.2, 0) is 6.54 Å². The second kappa shape index (κ2) is 5.70. The quantitative estimate of drug-likeness (QED) is 0.844. The summed E-state index contributed by atoms with van der Waals surface area (Å²) in [5, 5.41) is 13.5. The van der Waals surface area contributed by atoms with E-state index in [1.807, 2.05) is 6.92 Å². The number of anilines is 1. The predicted octanol–water partition coefficient (Wildman–Crippen LogP) is 1.51. The molecule has 24 heavy (non-hydrogen) atoms. The molecule has 126 valence electrons. The summed E-state index contributed by atoms with van der Waals surface area (Å²) in [7, 11) is 0. The number of ketones is 1. The third-order valence-corrected chi connectivity index (χ3v) is 5.46. The maximum Gasteiger partial charge on any atom is 0.162 e. The lowest BCUT2D eigenvalue weighted by atomic mass is 10.2. The monoisotopic (exact) mass is 326 g/mol. The fourth-order valence-corrected chi connectivity index (χ4v) is 3.83. The number of aromatic nitrogens is 3. The molecule has 3 atom stereocenters. The van der Waals surface area contributed by atoms with E-state index in [1.165, 1.54) is 0 Å². The SMILES string of the molecule is CC(=O)c1cnn(Cc2ccc(N3C[C@@H]4C(CO)[C@@H]4C3)nc2C)c1. The number of pyridine rings is 1. The molecule has 3 heterocycles. The largest absolute Gasteiger partial charge is 0.396 e. The van der Waals surface area contributed by atoms with Gasteiger partial charge in [0, 0.05) is 31.6 Å². The first-order valence-corrected chi connectivity index (χ1v) is 8.42. The average molecular weight is 326 g/mol. The molecule has 1 saturated heterocycles. The van der Waals surface area contributed by atoms with Crippen LogP contribution >= 0.6 is 0 Å². The van der Waals surface area contributed by atoms with E-state index in [0.29, 0.717) is 36.5 Å². The summed E-state index contributed by atoms with van der Waals surface area (Å²) in [5.74, 6) is 2.85. The Kier molecular flexibility index (Phi) is 3.64. The fourth-order valence-electron chi connectivity index (χ4n) is 3.83. The number of piperidine rings is 1. The van der Waals surface area contributed by atoms with Crippen LogP contribution in [0.2, 0.25) is 0 Å². The molecular weight excluding hydrogens is 304 g/mol. The number of carbonyl (C=O) groups is 1. The molecule has 1 unspecified atom stereocenters. The van der Waals surface area contributed by atoms with Crippen LogP contribution in [-0.4, -0.2) is 45.4 Å². The Morgan fingerprint density at radius 2 is 2.08 bits per heavy atom. The standard InChI is InChI=1S/C18H22N4O2/c1-11-13(6-22-7-14(5-19-22)12(2)24)3-4-18(20-11)21-8-15-16(9-21)17(15)10-23/h3-5,7,15-17,23H,6,8-10H2,1-2H3/t15-,16+,17?. The molecule has 1 aliphatic carbocycles. The van der Waals surface area contributed by atoms with Gasteiger partial charge in [0.15, 0.2) is 5.78 Å². The van der Waals surface area contributed by atoms with E-state index in [2.05, 4.69) is 22.1 Å². The number of aliphatic hydroxyl groups is 1. The van der Waals surface area contributed by atoms with Crippen molar-refractivity contribution in [1.29, 1.82) is 0 Å². The van der Waals surface area contributed by atoms with Crippen molar-refractivity contribution in [3.8, 4) is 0 Å². The zero-order valence-electron chi connectivity index (χ0n) is 14.0. The minimum absolute atomic E-state index is 0.0280. The van der Waals surface area contributed by atoms with Crippen molar-refractivity contribution in [1.82, 2.24) is 14.8 Å². The summed E-state index contributed by atoms with van der Waals surface area (Å²) in [4.78, 5) is 18.4. The fraction of sp³-hybridized carbons (Fsp3) is 0.500. The van der Waals surface area contributed by atoms with Crippen molar-refractivity contribution in [2.24, 2.45) is 17.8 Å². The van der Waals surface area contributed by atoms with E-state index < -0.39 is 0 Å². The van der Waals surface area contributed by atoms with Gasteiger partial charge in [-0.25, -0.2) is 4.98 Å². The van der Waals surface area contributed by atoms with E-state index in [1.54, 1.807) is 24.0 Å². The third-order valence-electron chi connectivity index (χ3n) is 5.46. The first-order chi connectivity index (χ1) is 11.6. The van der Waals surface area contributed by atoms with Crippen LogP contribution in [0, 0.1) is 24.7 Å². The molecule has 1 N–H and O–H groups in total. The summed E-state index contributed by atoms with van der Waals surface area (Å²) in [6.07, 6.45) is 3.38. The van der Waals surface area contributed by atoms with Crippen LogP contribution in [0.25, 0.3) is 0 Å². The molecule has 2 aromatic rings. The van der Waals surface area contributed by atoms with Gasteiger partial charge in [0.1, 0.15) is 5.82 Å². The number of hydrogen-bond acceptors (Lipinski definition) is 5. The summed E-state index contributed by atoms with van der Waals surface area (Å²) in [6, 6.07) is 4.16. The van der Waals surface area contributed by atoms with E-state index in [9.17, 15) is 9.90 Å². The van der Waals surface area contributed by atoms with Gasteiger partial charge in [-0.3, -0.25) is 9.48 Å². The van der Waals surface area contributed by atoms with Crippen molar-refractivity contribution in [2.45, 2.75) is 20.4 Å². The zero-order valence-corrected chi connectivity index (χ0v) is 14.0. The molecule has 2 aliphatic rings. The molecule has 1 saturated carbocycles. The molecule has 2 fully saturated rings. The highest BCUT2D eigenvalue weighted by atomic mass is 16.3. The lowest BCUT2D eigenvalue weighted by molar-refractivity contribution is 0.101. The van der Waals surface area contributed by atoms with Gasteiger partial charge >= 0.3 is 0 Å². The molecular formula is C18H22N4O2. The van der Waals surface area contributed by atoms with Gasteiger partial charge in [-0.2, -0.15) is 5.10 Å². The number of aliphatic hydroxyl groups excluding tert-OH is 1. The second-order valence-corrected chi connectivity index (χ2v) is 6.98. The van der Waals surface area contributed by atoms with Gasteiger partial charge in [-0.15, -0.1) is 0 Å². The second-order valence-electron chi connectivity index (χ2n) is 6.98. The van der Waals surface area contributed by atoms with Crippen LogP contribution < -0.4 is 4.90 Å². The number of rotatable bonds is 5. The molecule has 6 heteroatoms. The molecule has 0 aromatic carbocycles. The van der Waals surface area contributed by atoms with Crippen LogP contribution in [0.3, 0.4) is 0 Å². The Bertz CT molecular complexity index is 773. The number of fused-ring (bicyclic) bond motifs is 1.